The lowest BCUT2D eigenvalue weighted by Gasteiger charge is -2.31. The topological polar surface area (TPSA) is 96.8 Å². The SMILES string of the molecule is Cc1ccccc1N1c2cc(C(C)(C)C)ccc2N(c2ccccc2)C1C.Cc1ccccc1N1c2cccnc2N(C)C1C.Cc1ccccc1N1c2ncccc2N(C)C1C.Cc1ccccc1N1c2ncccc2N(c2ccccc2)C1C.Cc1ccccc1N1c2nccnc2N(C)C1C. The fraction of sp³-hybridized carbons (Fsp3) is 0.247. The summed E-state index contributed by atoms with van der Waals surface area (Å²) in [5, 5.41) is 0. The number of hydrogen-bond acceptors (Lipinski definition) is 15. The maximum absolute atomic E-state index is 4.67. The van der Waals surface area contributed by atoms with Gasteiger partial charge >= 0.3 is 0 Å². The summed E-state index contributed by atoms with van der Waals surface area (Å²) in [5.41, 5.74) is 22.5. The van der Waals surface area contributed by atoms with E-state index in [4.69, 9.17) is 0 Å². The van der Waals surface area contributed by atoms with Crippen molar-refractivity contribution in [3.63, 3.8) is 0 Å². The van der Waals surface area contributed by atoms with Gasteiger partial charge in [0, 0.05) is 91.9 Å². The van der Waals surface area contributed by atoms with E-state index in [1.165, 1.54) is 95.9 Å². The van der Waals surface area contributed by atoms with E-state index < -0.39 is 0 Å². The highest BCUT2D eigenvalue weighted by molar-refractivity contribution is 5.91. The molecule has 17 rings (SSSR count). The minimum atomic E-state index is 0.121. The molecule has 0 fully saturated rings. The van der Waals surface area contributed by atoms with E-state index >= 15 is 0 Å². The van der Waals surface area contributed by atoms with Crippen LogP contribution in [0.25, 0.3) is 0 Å². The van der Waals surface area contributed by atoms with Crippen molar-refractivity contribution in [1.82, 2.24) is 24.9 Å². The molecule has 0 N–H and O–H groups in total. The van der Waals surface area contributed by atoms with E-state index in [1.807, 2.05) is 42.9 Å². The summed E-state index contributed by atoms with van der Waals surface area (Å²) in [5.74, 6) is 4.98. The van der Waals surface area contributed by atoms with E-state index in [1.54, 1.807) is 12.4 Å². The first kappa shape index (κ1) is 70.7. The van der Waals surface area contributed by atoms with E-state index in [0.717, 1.165) is 34.8 Å². The number of anilines is 17. The van der Waals surface area contributed by atoms with Gasteiger partial charge in [0.25, 0.3) is 0 Å². The molecule has 104 heavy (non-hydrogen) atoms. The Morgan fingerprint density at radius 2 is 0.548 bits per heavy atom. The first-order valence-electron chi connectivity index (χ1n) is 36.2. The van der Waals surface area contributed by atoms with E-state index in [-0.39, 0.29) is 36.2 Å². The average Bonchev–Trinajstić information content (AvgIpc) is 1.61. The van der Waals surface area contributed by atoms with Crippen LogP contribution < -0.4 is 49.0 Å². The highest BCUT2D eigenvalue weighted by Gasteiger charge is 2.40. The quantitative estimate of drug-likeness (QED) is 0.151. The Bertz CT molecular complexity index is 4690. The van der Waals surface area contributed by atoms with Crippen LogP contribution >= 0.6 is 0 Å². The maximum Gasteiger partial charge on any atom is 0.178 e. The smallest absolute Gasteiger partial charge is 0.178 e. The van der Waals surface area contributed by atoms with Crippen molar-refractivity contribution < 1.29 is 0 Å². The molecule has 8 aromatic carbocycles. The number of rotatable bonds is 7. The van der Waals surface area contributed by atoms with Crippen molar-refractivity contribution in [1.29, 1.82) is 0 Å². The molecule has 0 amide bonds. The molecule has 5 unspecified atom stereocenters. The summed E-state index contributed by atoms with van der Waals surface area (Å²) in [7, 11) is 6.26. The molecule has 0 radical (unpaired) electrons. The third-order valence-electron chi connectivity index (χ3n) is 20.8. The molecule has 4 aromatic heterocycles. The minimum Gasteiger partial charge on any atom is -0.351 e. The molecule has 0 bridgehead atoms. The van der Waals surface area contributed by atoms with Gasteiger partial charge in [-0.15, -0.1) is 0 Å². The lowest BCUT2D eigenvalue weighted by Crippen LogP contribution is -2.36. The van der Waals surface area contributed by atoms with Crippen LogP contribution in [0.2, 0.25) is 0 Å². The van der Waals surface area contributed by atoms with Crippen molar-refractivity contribution in [3.05, 3.63) is 301 Å². The van der Waals surface area contributed by atoms with Crippen LogP contribution in [0.15, 0.2) is 268 Å². The van der Waals surface area contributed by atoms with Gasteiger partial charge in [0.2, 0.25) is 0 Å². The fourth-order valence-electron chi connectivity index (χ4n) is 14.9. The maximum atomic E-state index is 4.67. The number of pyridine rings is 3. The fourth-order valence-corrected chi connectivity index (χ4v) is 14.9. The number of fused-ring (bicyclic) bond motifs is 5. The van der Waals surface area contributed by atoms with Gasteiger partial charge in [-0.25, -0.2) is 24.9 Å². The third-order valence-corrected chi connectivity index (χ3v) is 20.8. The van der Waals surface area contributed by atoms with Crippen molar-refractivity contribution in [2.45, 2.75) is 126 Å². The average molecular weight is 1380 g/mol. The second-order valence-electron chi connectivity index (χ2n) is 28.4. The largest absolute Gasteiger partial charge is 0.351 e. The van der Waals surface area contributed by atoms with Crippen LogP contribution in [-0.4, -0.2) is 76.9 Å². The summed E-state index contributed by atoms with van der Waals surface area (Å²) >= 11 is 0. The molecule has 15 nitrogen and oxygen atoms in total. The van der Waals surface area contributed by atoms with Crippen molar-refractivity contribution in [2.75, 3.05) is 70.1 Å². The van der Waals surface area contributed by atoms with E-state index in [9.17, 15) is 0 Å². The van der Waals surface area contributed by atoms with Crippen molar-refractivity contribution in [3.8, 4) is 0 Å². The summed E-state index contributed by atoms with van der Waals surface area (Å²) in [4.78, 5) is 45.7. The zero-order chi connectivity index (χ0) is 73.1. The number of aryl methyl sites for hydroxylation is 5. The molecule has 5 atom stereocenters. The highest BCUT2D eigenvalue weighted by Crippen LogP contribution is 2.51. The summed E-state index contributed by atoms with van der Waals surface area (Å²) in [6.07, 6.45) is 10.2. The zero-order valence-corrected chi connectivity index (χ0v) is 63.0. The first-order chi connectivity index (χ1) is 50.2. The Morgan fingerprint density at radius 3 is 1.01 bits per heavy atom. The normalized spacial score (nSPS) is 17.3. The number of benzene rings is 8. The summed E-state index contributed by atoms with van der Waals surface area (Å²) in [6.45, 7) is 28.7. The van der Waals surface area contributed by atoms with Crippen LogP contribution in [0, 0.1) is 34.6 Å². The Kier molecular flexibility index (Phi) is 20.5. The molecule has 528 valence electrons. The van der Waals surface area contributed by atoms with Gasteiger partial charge in [-0.05, 0) is 211 Å². The van der Waals surface area contributed by atoms with Gasteiger partial charge in [-0.1, -0.05) is 154 Å². The molecule has 5 aliphatic rings. The van der Waals surface area contributed by atoms with Crippen LogP contribution in [0.4, 0.5) is 97.3 Å². The van der Waals surface area contributed by atoms with E-state index in [0.29, 0.717) is 0 Å². The minimum absolute atomic E-state index is 0.121. The molecule has 0 saturated carbocycles. The lowest BCUT2D eigenvalue weighted by molar-refractivity contribution is 0.590. The number of nitrogens with zero attached hydrogens (tertiary/aromatic N) is 15. The number of para-hydroxylation sites is 7. The molecule has 15 heteroatoms. The Labute approximate surface area is 616 Å². The summed E-state index contributed by atoms with van der Waals surface area (Å²) in [6, 6.07) is 83.0. The molecule has 9 heterocycles. The summed E-state index contributed by atoms with van der Waals surface area (Å²) < 4.78 is 0. The molecule has 0 saturated heterocycles. The highest BCUT2D eigenvalue weighted by atomic mass is 15.5. The predicted molar refractivity (Wildman–Crippen MR) is 436 cm³/mol. The number of hydrogen-bond donors (Lipinski definition) is 0. The molecule has 12 aromatic rings. The molecular weight excluding hydrogens is 1280 g/mol. The standard InChI is InChI=1S/C25H28N2.C20H19N3.2C15H17N3.C14H16N4/c1-18-11-9-10-14-22(18)27-19(2)26(21-12-7-6-8-13-21)23-16-15-20(17-24(23)27)25(3,4)5;1-15-9-6-7-12-18(15)23-16(2)22(17-10-4-3-5-11-17)19-13-8-14-21-20(19)23;1-11-7-4-5-8-13(11)18-12(2)17(3)15-14(18)9-6-10-16-15;1-11-7-4-5-8-13(11)18-12(2)17(3)14-9-6-10-16-15(14)18;1-10-6-4-5-7-12(10)18-11(2)17(3)13-14(18)16-9-8-15-13/h6-17,19H,1-5H3;3-14,16H,1-2H3;2*4-10,12H,1-3H3;4-9,11H,1-3H3. The van der Waals surface area contributed by atoms with Gasteiger partial charge in [-0.3, -0.25) is 0 Å². The van der Waals surface area contributed by atoms with Crippen LogP contribution in [0.3, 0.4) is 0 Å². The first-order valence-corrected chi connectivity index (χ1v) is 36.2. The Morgan fingerprint density at radius 1 is 0.240 bits per heavy atom. The Balaban J connectivity index is 0.000000117. The van der Waals surface area contributed by atoms with Gasteiger partial charge in [0.15, 0.2) is 29.1 Å². The van der Waals surface area contributed by atoms with Crippen molar-refractivity contribution in [2.24, 2.45) is 0 Å². The van der Waals surface area contributed by atoms with Gasteiger partial charge < -0.3 is 49.0 Å². The zero-order valence-electron chi connectivity index (χ0n) is 63.0. The second kappa shape index (κ2) is 30.1. The molecule has 0 aliphatic carbocycles. The van der Waals surface area contributed by atoms with Crippen LogP contribution in [0.1, 0.15) is 88.8 Å². The molecule has 0 spiro atoms. The van der Waals surface area contributed by atoms with Crippen molar-refractivity contribution >= 4 is 97.3 Å². The van der Waals surface area contributed by atoms with E-state index in [2.05, 4.69) is 397 Å². The number of aromatic nitrogens is 5. The lowest BCUT2D eigenvalue weighted by atomic mass is 9.86. The van der Waals surface area contributed by atoms with Gasteiger partial charge in [0.1, 0.15) is 30.8 Å². The Hall–Kier alpha value is -11.7. The molecule has 5 aliphatic heterocycles. The predicted octanol–water partition coefficient (Wildman–Crippen LogP) is 21.3. The third kappa shape index (κ3) is 13.6. The molecular formula is C89H97N15. The van der Waals surface area contributed by atoms with Crippen LogP contribution in [-0.2, 0) is 5.41 Å². The van der Waals surface area contributed by atoms with Gasteiger partial charge in [0.05, 0.1) is 28.4 Å². The van der Waals surface area contributed by atoms with Gasteiger partial charge in [-0.2, -0.15) is 0 Å². The van der Waals surface area contributed by atoms with Crippen LogP contribution in [0.5, 0.6) is 0 Å². The monoisotopic (exact) mass is 1380 g/mol. The second-order valence-corrected chi connectivity index (χ2v) is 28.4.